The second-order valence-electron chi connectivity index (χ2n) is 9.30. The van der Waals surface area contributed by atoms with Gasteiger partial charge in [-0.25, -0.2) is 4.79 Å². The van der Waals surface area contributed by atoms with E-state index in [0.717, 1.165) is 11.1 Å². The number of unbranched alkanes of at least 4 members (excludes halogenated alkanes) is 1. The Morgan fingerprint density at radius 1 is 0.769 bits per heavy atom. The first kappa shape index (κ1) is 29.7. The zero-order valence-electron chi connectivity index (χ0n) is 22.7. The van der Waals surface area contributed by atoms with Crippen molar-refractivity contribution >= 4 is 23.9 Å². The first-order valence-corrected chi connectivity index (χ1v) is 13.6. The minimum absolute atomic E-state index is 0.00544. The summed E-state index contributed by atoms with van der Waals surface area (Å²) >= 11 is 0. The molecule has 0 saturated carbocycles. The molecule has 0 aromatic heterocycles. The van der Waals surface area contributed by atoms with E-state index in [1.807, 2.05) is 24.3 Å². The standard InChI is InChI=1S/C30H38N2O7/c1-3-37-27(33)16-18-31-29(35)21(19-28(34)38-4-2)11-9-10-17-32-30(36)39-20-26-24-14-7-5-12-22(24)23-13-6-8-15-25(23)26/h5-8,12-15,21,26H,3-4,9-11,16-20H2,1-2H3,(H,31,35)(H,32,36). The predicted molar refractivity (Wildman–Crippen MR) is 146 cm³/mol. The van der Waals surface area contributed by atoms with Crippen LogP contribution in [0.5, 0.6) is 0 Å². The summed E-state index contributed by atoms with van der Waals surface area (Å²) in [6, 6.07) is 16.3. The fraction of sp³-hybridized carbons (Fsp3) is 0.467. The van der Waals surface area contributed by atoms with Crippen molar-refractivity contribution in [3.63, 3.8) is 0 Å². The number of fused-ring (bicyclic) bond motifs is 3. The molecule has 2 amide bonds. The molecule has 210 valence electrons. The van der Waals surface area contributed by atoms with Crippen LogP contribution in [0.4, 0.5) is 4.79 Å². The summed E-state index contributed by atoms with van der Waals surface area (Å²) in [6.45, 7) is 4.71. The maximum atomic E-state index is 12.6. The lowest BCUT2D eigenvalue weighted by atomic mass is 9.97. The van der Waals surface area contributed by atoms with Gasteiger partial charge in [0.25, 0.3) is 0 Å². The van der Waals surface area contributed by atoms with Crippen molar-refractivity contribution in [1.29, 1.82) is 0 Å². The van der Waals surface area contributed by atoms with E-state index in [1.54, 1.807) is 13.8 Å². The number of benzene rings is 2. The molecule has 1 atom stereocenters. The summed E-state index contributed by atoms with van der Waals surface area (Å²) in [5.74, 6) is -1.73. The van der Waals surface area contributed by atoms with Gasteiger partial charge in [-0.2, -0.15) is 0 Å². The van der Waals surface area contributed by atoms with Gasteiger partial charge < -0.3 is 24.8 Å². The molecule has 9 nitrogen and oxygen atoms in total. The van der Waals surface area contributed by atoms with Crippen LogP contribution in [-0.2, 0) is 28.6 Å². The summed E-state index contributed by atoms with van der Waals surface area (Å²) < 4.78 is 15.4. The minimum atomic E-state index is -0.583. The molecule has 2 aromatic rings. The lowest BCUT2D eigenvalue weighted by molar-refractivity contribution is -0.147. The minimum Gasteiger partial charge on any atom is -0.466 e. The lowest BCUT2D eigenvalue weighted by Crippen LogP contribution is -2.34. The van der Waals surface area contributed by atoms with Gasteiger partial charge in [0.15, 0.2) is 0 Å². The third-order valence-corrected chi connectivity index (χ3v) is 6.62. The van der Waals surface area contributed by atoms with Gasteiger partial charge in [0.1, 0.15) is 6.61 Å². The zero-order chi connectivity index (χ0) is 28.0. The summed E-state index contributed by atoms with van der Waals surface area (Å²) in [5, 5.41) is 5.47. The quantitative estimate of drug-likeness (QED) is 0.197. The zero-order valence-corrected chi connectivity index (χ0v) is 22.7. The molecule has 0 fully saturated rings. The molecule has 39 heavy (non-hydrogen) atoms. The third kappa shape index (κ3) is 8.84. The number of carbonyl (C=O) groups excluding carboxylic acids is 4. The van der Waals surface area contributed by atoms with Crippen molar-refractivity contribution in [2.24, 2.45) is 5.92 Å². The van der Waals surface area contributed by atoms with E-state index in [4.69, 9.17) is 14.2 Å². The Morgan fingerprint density at radius 3 is 2.03 bits per heavy atom. The number of rotatable bonds is 15. The number of alkyl carbamates (subject to hydrolysis) is 1. The number of hydrogen-bond donors (Lipinski definition) is 2. The molecule has 0 spiro atoms. The first-order valence-electron chi connectivity index (χ1n) is 13.6. The Morgan fingerprint density at radius 2 is 1.38 bits per heavy atom. The molecule has 3 rings (SSSR count). The molecule has 0 saturated heterocycles. The number of nitrogens with one attached hydrogen (secondary N) is 2. The Hall–Kier alpha value is -3.88. The van der Waals surface area contributed by atoms with Crippen molar-refractivity contribution in [2.45, 2.75) is 51.9 Å². The van der Waals surface area contributed by atoms with E-state index >= 15 is 0 Å². The van der Waals surface area contributed by atoms with Crippen LogP contribution in [-0.4, -0.2) is 56.8 Å². The molecular weight excluding hydrogens is 500 g/mol. The summed E-state index contributed by atoms with van der Waals surface area (Å²) in [4.78, 5) is 48.5. The van der Waals surface area contributed by atoms with E-state index < -0.39 is 18.0 Å². The van der Waals surface area contributed by atoms with Crippen molar-refractivity contribution in [2.75, 3.05) is 32.9 Å². The van der Waals surface area contributed by atoms with E-state index in [1.165, 1.54) is 11.1 Å². The normalized spacial score (nSPS) is 12.6. The van der Waals surface area contributed by atoms with Gasteiger partial charge >= 0.3 is 18.0 Å². The highest BCUT2D eigenvalue weighted by Gasteiger charge is 2.29. The van der Waals surface area contributed by atoms with Crippen LogP contribution in [0, 0.1) is 5.92 Å². The number of esters is 2. The van der Waals surface area contributed by atoms with Crippen molar-refractivity contribution in [1.82, 2.24) is 10.6 Å². The van der Waals surface area contributed by atoms with Gasteiger partial charge in [-0.05, 0) is 48.9 Å². The average molecular weight is 539 g/mol. The van der Waals surface area contributed by atoms with Crippen LogP contribution in [0.25, 0.3) is 11.1 Å². The van der Waals surface area contributed by atoms with Crippen molar-refractivity contribution < 1.29 is 33.4 Å². The van der Waals surface area contributed by atoms with Gasteiger partial charge in [-0.1, -0.05) is 55.0 Å². The highest BCUT2D eigenvalue weighted by molar-refractivity contribution is 5.84. The van der Waals surface area contributed by atoms with Crippen molar-refractivity contribution in [3.05, 3.63) is 59.7 Å². The number of carbonyl (C=O) groups is 4. The molecule has 0 aliphatic heterocycles. The second kappa shape index (κ2) is 15.5. The molecule has 1 aliphatic carbocycles. The number of ether oxygens (including phenoxy) is 3. The molecule has 0 bridgehead atoms. The topological polar surface area (TPSA) is 120 Å². The van der Waals surface area contributed by atoms with Crippen LogP contribution in [0.15, 0.2) is 48.5 Å². The molecular formula is C30H38N2O7. The van der Waals surface area contributed by atoms with Crippen LogP contribution < -0.4 is 10.6 Å². The van der Waals surface area contributed by atoms with E-state index in [9.17, 15) is 19.2 Å². The predicted octanol–water partition coefficient (Wildman–Crippen LogP) is 4.33. The Balaban J connectivity index is 1.40. The monoisotopic (exact) mass is 538 g/mol. The van der Waals surface area contributed by atoms with E-state index in [-0.39, 0.29) is 57.0 Å². The fourth-order valence-corrected chi connectivity index (χ4v) is 4.77. The van der Waals surface area contributed by atoms with Crippen LogP contribution in [0.1, 0.15) is 63.0 Å². The maximum Gasteiger partial charge on any atom is 0.407 e. The average Bonchev–Trinajstić information content (AvgIpc) is 3.25. The molecule has 1 unspecified atom stereocenters. The van der Waals surface area contributed by atoms with Gasteiger partial charge in [0.2, 0.25) is 5.91 Å². The van der Waals surface area contributed by atoms with E-state index in [0.29, 0.717) is 25.8 Å². The maximum absolute atomic E-state index is 12.6. The summed E-state index contributed by atoms with van der Waals surface area (Å²) in [5.41, 5.74) is 4.65. The second-order valence-corrected chi connectivity index (χ2v) is 9.30. The summed E-state index contributed by atoms with van der Waals surface area (Å²) in [7, 11) is 0. The SMILES string of the molecule is CCOC(=O)CCNC(=O)C(CCCCNC(=O)OCC1c2ccccc2-c2ccccc21)CC(=O)OCC. The van der Waals surface area contributed by atoms with Crippen LogP contribution >= 0.6 is 0 Å². The van der Waals surface area contributed by atoms with Gasteiger partial charge in [0.05, 0.1) is 26.1 Å². The molecule has 0 heterocycles. The summed E-state index contributed by atoms with van der Waals surface area (Å²) in [6.07, 6.45) is 1.20. The largest absolute Gasteiger partial charge is 0.466 e. The highest BCUT2D eigenvalue weighted by atomic mass is 16.5. The van der Waals surface area contributed by atoms with Crippen LogP contribution in [0.3, 0.4) is 0 Å². The van der Waals surface area contributed by atoms with Crippen LogP contribution in [0.2, 0.25) is 0 Å². The Bertz CT molecular complexity index is 1090. The van der Waals surface area contributed by atoms with Gasteiger partial charge in [-0.3, -0.25) is 14.4 Å². The smallest absolute Gasteiger partial charge is 0.407 e. The number of hydrogen-bond acceptors (Lipinski definition) is 7. The Kier molecular flexibility index (Phi) is 11.8. The first-order chi connectivity index (χ1) is 18.9. The fourth-order valence-electron chi connectivity index (χ4n) is 4.77. The number of amides is 2. The van der Waals surface area contributed by atoms with Gasteiger partial charge in [0, 0.05) is 24.9 Å². The molecule has 2 N–H and O–H groups in total. The molecule has 0 radical (unpaired) electrons. The van der Waals surface area contributed by atoms with E-state index in [2.05, 4.69) is 34.9 Å². The molecule has 2 aromatic carbocycles. The highest BCUT2D eigenvalue weighted by Crippen LogP contribution is 2.44. The molecule has 9 heteroatoms. The van der Waals surface area contributed by atoms with Crippen molar-refractivity contribution in [3.8, 4) is 11.1 Å². The lowest BCUT2D eigenvalue weighted by Gasteiger charge is -2.16. The molecule has 1 aliphatic rings. The third-order valence-electron chi connectivity index (χ3n) is 6.62. The Labute approximate surface area is 229 Å². The van der Waals surface area contributed by atoms with Gasteiger partial charge in [-0.15, -0.1) is 0 Å².